The van der Waals surface area contributed by atoms with E-state index in [2.05, 4.69) is 21.0 Å². The molecular weight excluding hydrogens is 405 g/mol. The summed E-state index contributed by atoms with van der Waals surface area (Å²) in [4.78, 5) is 11.5. The normalized spacial score (nSPS) is 20.9. The first-order valence-electron chi connectivity index (χ1n) is 7.36. The Bertz CT molecular complexity index is 774. The monoisotopic (exact) mass is 418 g/mol. The number of hydrogen-bond acceptors (Lipinski definition) is 4. The second-order valence-corrected chi connectivity index (χ2v) is 6.67. The quantitative estimate of drug-likeness (QED) is 0.715. The first kappa shape index (κ1) is 17.9. The number of nitrogens with zero attached hydrogens (tertiary/aromatic N) is 2. The van der Waals surface area contributed by atoms with Crippen LogP contribution < -0.4 is 4.74 Å². The minimum absolute atomic E-state index is 0.0739. The lowest BCUT2D eigenvalue weighted by Gasteiger charge is -2.18. The van der Waals surface area contributed by atoms with Crippen LogP contribution in [0.25, 0.3) is 0 Å². The van der Waals surface area contributed by atoms with Gasteiger partial charge in [-0.2, -0.15) is 18.3 Å². The van der Waals surface area contributed by atoms with Gasteiger partial charge in [0.1, 0.15) is 16.3 Å². The molecule has 1 aromatic heterocycles. The molecule has 0 spiro atoms. The van der Waals surface area contributed by atoms with Gasteiger partial charge in [-0.25, -0.2) is 0 Å². The molecule has 0 amide bonds. The van der Waals surface area contributed by atoms with Gasteiger partial charge in [-0.1, -0.05) is 28.1 Å². The summed E-state index contributed by atoms with van der Waals surface area (Å²) in [6.45, 7) is -0.139. The summed E-state index contributed by atoms with van der Waals surface area (Å²) in [5.41, 5.74) is 0.342. The zero-order chi connectivity index (χ0) is 18.2. The van der Waals surface area contributed by atoms with E-state index in [1.807, 2.05) is 0 Å². The van der Waals surface area contributed by atoms with Crippen molar-refractivity contribution in [1.82, 2.24) is 9.78 Å². The lowest BCUT2D eigenvalue weighted by atomic mass is 10.1. The Labute approximate surface area is 149 Å². The minimum atomic E-state index is -4.65. The molecular formula is C16H14BrF3N2O3. The molecule has 1 aliphatic heterocycles. The van der Waals surface area contributed by atoms with Crippen LogP contribution in [0.3, 0.4) is 0 Å². The van der Waals surface area contributed by atoms with E-state index in [1.54, 1.807) is 31.4 Å². The Morgan fingerprint density at radius 2 is 2.04 bits per heavy atom. The van der Waals surface area contributed by atoms with Crippen LogP contribution >= 0.6 is 15.9 Å². The maximum Gasteiger partial charge on any atom is 0.420 e. The van der Waals surface area contributed by atoms with Gasteiger partial charge in [-0.15, -0.1) is 0 Å². The largest absolute Gasteiger partial charge is 0.497 e. The highest BCUT2D eigenvalue weighted by Gasteiger charge is 2.48. The molecule has 1 aromatic carbocycles. The van der Waals surface area contributed by atoms with E-state index >= 15 is 0 Å². The van der Waals surface area contributed by atoms with E-state index in [4.69, 9.17) is 9.47 Å². The van der Waals surface area contributed by atoms with Crippen LogP contribution in [0.2, 0.25) is 0 Å². The van der Waals surface area contributed by atoms with Crippen LogP contribution in [0.15, 0.2) is 30.5 Å². The van der Waals surface area contributed by atoms with Crippen LogP contribution in [0, 0.1) is 0 Å². The van der Waals surface area contributed by atoms with Crippen molar-refractivity contribution in [3.63, 3.8) is 0 Å². The van der Waals surface area contributed by atoms with Crippen molar-refractivity contribution in [1.29, 1.82) is 0 Å². The number of rotatable bonds is 3. The van der Waals surface area contributed by atoms with Crippen molar-refractivity contribution in [2.24, 2.45) is 0 Å². The molecule has 134 valence electrons. The van der Waals surface area contributed by atoms with E-state index in [9.17, 15) is 18.0 Å². The zero-order valence-electron chi connectivity index (χ0n) is 13.1. The van der Waals surface area contributed by atoms with Crippen molar-refractivity contribution in [3.05, 3.63) is 47.3 Å². The fourth-order valence-corrected chi connectivity index (χ4v) is 2.97. The van der Waals surface area contributed by atoms with Crippen LogP contribution in [-0.4, -0.2) is 40.3 Å². The number of aromatic nitrogens is 2. The molecule has 2 heterocycles. The molecule has 0 radical (unpaired) electrons. The summed E-state index contributed by atoms with van der Waals surface area (Å²) < 4.78 is 51.0. The van der Waals surface area contributed by atoms with Gasteiger partial charge >= 0.3 is 6.18 Å². The molecule has 0 saturated carbocycles. The third-order valence-electron chi connectivity index (χ3n) is 3.80. The van der Waals surface area contributed by atoms with Crippen molar-refractivity contribution in [2.45, 2.75) is 23.7 Å². The van der Waals surface area contributed by atoms with E-state index < -0.39 is 28.6 Å². The minimum Gasteiger partial charge on any atom is -0.497 e. The van der Waals surface area contributed by atoms with Crippen molar-refractivity contribution in [3.8, 4) is 5.75 Å². The summed E-state index contributed by atoms with van der Waals surface area (Å²) in [5, 5.41) is 3.98. The molecule has 0 aliphatic carbocycles. The number of ketones is 1. The molecule has 0 fully saturated rings. The second kappa shape index (κ2) is 6.80. The first-order chi connectivity index (χ1) is 11.8. The molecule has 9 heteroatoms. The summed E-state index contributed by atoms with van der Waals surface area (Å²) in [7, 11) is 1.54. The SMILES string of the molecule is COc1ccc(Cn2cc3c(n2)C(C(F)(F)F)OCC(Br)C3=O)cc1. The van der Waals surface area contributed by atoms with Gasteiger partial charge in [-0.3, -0.25) is 9.48 Å². The van der Waals surface area contributed by atoms with Crippen molar-refractivity contribution in [2.75, 3.05) is 13.7 Å². The standard InChI is InChI=1S/C16H14BrF3N2O3/c1-24-10-4-2-9(3-5-10)6-22-7-11-13(21-22)15(16(18,19)20)25-8-12(17)14(11)23/h2-5,7,12,15H,6,8H2,1H3. The fourth-order valence-electron chi connectivity index (χ4n) is 2.57. The Hall–Kier alpha value is -1.87. The summed E-state index contributed by atoms with van der Waals surface area (Å²) in [5.74, 6) is 0.200. The number of Topliss-reactive ketones (excluding diaryl/α,β-unsaturated/α-hetero) is 1. The van der Waals surface area contributed by atoms with Crippen LogP contribution in [-0.2, 0) is 11.3 Å². The summed E-state index contributed by atoms with van der Waals surface area (Å²) >= 11 is 3.07. The maximum absolute atomic E-state index is 13.3. The smallest absolute Gasteiger partial charge is 0.420 e. The first-order valence-corrected chi connectivity index (χ1v) is 8.28. The van der Waals surface area contributed by atoms with E-state index in [1.165, 1.54) is 10.9 Å². The number of benzene rings is 1. The molecule has 0 bridgehead atoms. The van der Waals surface area contributed by atoms with Gasteiger partial charge in [0.15, 0.2) is 11.9 Å². The molecule has 3 rings (SSSR count). The molecule has 2 unspecified atom stereocenters. The van der Waals surface area contributed by atoms with Crippen LogP contribution in [0.1, 0.15) is 27.7 Å². The Balaban J connectivity index is 1.94. The number of hydrogen-bond donors (Lipinski definition) is 0. The lowest BCUT2D eigenvalue weighted by Crippen LogP contribution is -2.25. The van der Waals surface area contributed by atoms with Crippen LogP contribution in [0.4, 0.5) is 13.2 Å². The highest BCUT2D eigenvalue weighted by Crippen LogP contribution is 2.39. The highest BCUT2D eigenvalue weighted by molar-refractivity contribution is 9.10. The third-order valence-corrected chi connectivity index (χ3v) is 4.48. The van der Waals surface area contributed by atoms with Crippen molar-refractivity contribution < 1.29 is 27.4 Å². The average Bonchev–Trinajstić information content (AvgIpc) is 2.92. The summed E-state index contributed by atoms with van der Waals surface area (Å²) in [6, 6.07) is 7.04. The average molecular weight is 419 g/mol. The number of carbonyl (C=O) groups is 1. The number of methoxy groups -OCH3 is 1. The number of carbonyl (C=O) groups excluding carboxylic acids is 1. The van der Waals surface area contributed by atoms with E-state index in [0.29, 0.717) is 5.75 Å². The molecule has 2 atom stereocenters. The Kier molecular flexibility index (Phi) is 4.88. The van der Waals surface area contributed by atoms with E-state index in [0.717, 1.165) is 5.56 Å². The Morgan fingerprint density at radius 1 is 1.36 bits per heavy atom. The lowest BCUT2D eigenvalue weighted by molar-refractivity contribution is -0.223. The molecule has 0 saturated heterocycles. The highest BCUT2D eigenvalue weighted by atomic mass is 79.9. The predicted molar refractivity (Wildman–Crippen MR) is 86.1 cm³/mol. The third kappa shape index (κ3) is 3.72. The molecule has 0 N–H and O–H groups in total. The topological polar surface area (TPSA) is 53.4 Å². The molecule has 2 aromatic rings. The number of ether oxygens (including phenoxy) is 2. The van der Waals surface area contributed by atoms with Gasteiger partial charge in [0, 0.05) is 6.20 Å². The van der Waals surface area contributed by atoms with Gasteiger partial charge in [-0.05, 0) is 17.7 Å². The molecule has 25 heavy (non-hydrogen) atoms. The number of fused-ring (bicyclic) bond motifs is 1. The van der Waals surface area contributed by atoms with Gasteiger partial charge in [0.05, 0.1) is 25.8 Å². The number of alkyl halides is 4. The van der Waals surface area contributed by atoms with Crippen molar-refractivity contribution >= 4 is 21.7 Å². The van der Waals surface area contributed by atoms with Crippen LogP contribution in [0.5, 0.6) is 5.75 Å². The second-order valence-electron chi connectivity index (χ2n) is 5.56. The predicted octanol–water partition coefficient (Wildman–Crippen LogP) is 3.52. The fraction of sp³-hybridized carbons (Fsp3) is 0.375. The Morgan fingerprint density at radius 3 is 2.64 bits per heavy atom. The number of halogens is 4. The van der Waals surface area contributed by atoms with Gasteiger partial charge < -0.3 is 9.47 Å². The zero-order valence-corrected chi connectivity index (χ0v) is 14.7. The molecule has 1 aliphatic rings. The van der Waals surface area contributed by atoms with Gasteiger partial charge in [0.25, 0.3) is 0 Å². The van der Waals surface area contributed by atoms with Gasteiger partial charge in [0.2, 0.25) is 0 Å². The summed E-state index contributed by atoms with van der Waals surface area (Å²) in [6.07, 6.45) is -5.53. The molecule has 5 nitrogen and oxygen atoms in total. The van der Waals surface area contributed by atoms with E-state index in [-0.39, 0.29) is 18.7 Å². The maximum atomic E-state index is 13.3.